The lowest BCUT2D eigenvalue weighted by molar-refractivity contribution is -0.124. The molecule has 1 rings (SSSR count). The van der Waals surface area contributed by atoms with E-state index in [4.69, 9.17) is 11.5 Å². The molecule has 18 heavy (non-hydrogen) atoms. The quantitative estimate of drug-likeness (QED) is 0.658. The number of amides is 2. The summed E-state index contributed by atoms with van der Waals surface area (Å²) in [6.07, 6.45) is -0.135. The van der Waals surface area contributed by atoms with Crippen LogP contribution in [-0.2, 0) is 9.59 Å². The van der Waals surface area contributed by atoms with Crippen molar-refractivity contribution in [3.63, 3.8) is 0 Å². The third-order valence-corrected chi connectivity index (χ3v) is 2.62. The van der Waals surface area contributed by atoms with Crippen molar-refractivity contribution < 1.29 is 14.7 Å². The number of carbonyl (C=O) groups excluding carboxylic acids is 2. The highest BCUT2D eigenvalue weighted by atomic mass is 16.3. The molecule has 0 aliphatic heterocycles. The van der Waals surface area contributed by atoms with Gasteiger partial charge in [-0.1, -0.05) is 0 Å². The molecular formula is C12H17N3O3. The van der Waals surface area contributed by atoms with Crippen LogP contribution in [0.2, 0.25) is 0 Å². The Morgan fingerprint density at radius 1 is 1.28 bits per heavy atom. The fourth-order valence-electron chi connectivity index (χ4n) is 1.78. The van der Waals surface area contributed by atoms with E-state index < -0.39 is 17.9 Å². The molecular weight excluding hydrogens is 234 g/mol. The molecule has 0 fully saturated rings. The van der Waals surface area contributed by atoms with Crippen molar-refractivity contribution in [1.82, 2.24) is 0 Å². The monoisotopic (exact) mass is 251 g/mol. The number of hydrogen-bond acceptors (Lipinski definition) is 4. The third-order valence-electron chi connectivity index (χ3n) is 2.62. The Hall–Kier alpha value is -2.24. The maximum absolute atomic E-state index is 11.4. The molecule has 6 nitrogen and oxygen atoms in total. The molecule has 98 valence electrons. The lowest BCUT2D eigenvalue weighted by Gasteiger charge is -2.29. The summed E-state index contributed by atoms with van der Waals surface area (Å²) < 4.78 is 0. The Bertz CT molecular complexity index is 431. The van der Waals surface area contributed by atoms with Crippen LogP contribution in [0.5, 0.6) is 5.75 Å². The second kappa shape index (κ2) is 5.90. The van der Waals surface area contributed by atoms with Crippen molar-refractivity contribution in [2.45, 2.75) is 19.4 Å². The molecule has 0 saturated carbocycles. The number of nitrogens with zero attached hydrogens (tertiary/aromatic N) is 1. The van der Waals surface area contributed by atoms with Crippen molar-refractivity contribution in [2.75, 3.05) is 11.4 Å². The smallest absolute Gasteiger partial charge is 0.240 e. The molecule has 0 unspecified atom stereocenters. The van der Waals surface area contributed by atoms with Crippen LogP contribution in [0.25, 0.3) is 0 Å². The van der Waals surface area contributed by atoms with E-state index in [9.17, 15) is 14.7 Å². The van der Waals surface area contributed by atoms with Gasteiger partial charge in [0.15, 0.2) is 0 Å². The molecule has 2 amide bonds. The minimum Gasteiger partial charge on any atom is -0.508 e. The van der Waals surface area contributed by atoms with Gasteiger partial charge in [0.05, 0.1) is 6.42 Å². The van der Waals surface area contributed by atoms with Gasteiger partial charge in [-0.25, -0.2) is 0 Å². The normalized spacial score (nSPS) is 11.8. The van der Waals surface area contributed by atoms with Crippen LogP contribution in [0, 0.1) is 0 Å². The first-order valence-electron chi connectivity index (χ1n) is 5.59. The van der Waals surface area contributed by atoms with Crippen LogP contribution in [-0.4, -0.2) is 29.5 Å². The van der Waals surface area contributed by atoms with E-state index in [-0.39, 0.29) is 12.2 Å². The first kappa shape index (κ1) is 13.8. The number of primary amides is 2. The van der Waals surface area contributed by atoms with Crippen LogP contribution in [0.3, 0.4) is 0 Å². The second-order valence-corrected chi connectivity index (χ2v) is 3.89. The van der Waals surface area contributed by atoms with Gasteiger partial charge in [0.2, 0.25) is 11.8 Å². The van der Waals surface area contributed by atoms with Gasteiger partial charge in [0.25, 0.3) is 0 Å². The Balaban J connectivity index is 3.01. The van der Waals surface area contributed by atoms with Gasteiger partial charge in [0, 0.05) is 12.2 Å². The van der Waals surface area contributed by atoms with Crippen LogP contribution >= 0.6 is 0 Å². The highest BCUT2D eigenvalue weighted by Gasteiger charge is 2.24. The number of aromatic hydroxyl groups is 1. The van der Waals surface area contributed by atoms with Crippen LogP contribution in [0.4, 0.5) is 5.69 Å². The number of rotatable bonds is 6. The molecule has 1 atom stereocenters. The molecule has 0 radical (unpaired) electrons. The van der Waals surface area contributed by atoms with Crippen molar-refractivity contribution in [3.8, 4) is 5.75 Å². The van der Waals surface area contributed by atoms with Crippen molar-refractivity contribution in [1.29, 1.82) is 0 Å². The van der Waals surface area contributed by atoms with E-state index in [2.05, 4.69) is 0 Å². The summed E-state index contributed by atoms with van der Waals surface area (Å²) in [6, 6.07) is 5.52. The topological polar surface area (TPSA) is 110 Å². The predicted molar refractivity (Wildman–Crippen MR) is 67.9 cm³/mol. The highest BCUT2D eigenvalue weighted by molar-refractivity contribution is 5.89. The van der Waals surface area contributed by atoms with Gasteiger partial charge in [0.1, 0.15) is 11.8 Å². The van der Waals surface area contributed by atoms with E-state index in [0.29, 0.717) is 12.2 Å². The lowest BCUT2D eigenvalue weighted by atomic mass is 10.1. The molecule has 0 bridgehead atoms. The van der Waals surface area contributed by atoms with Crippen LogP contribution in [0.15, 0.2) is 24.3 Å². The summed E-state index contributed by atoms with van der Waals surface area (Å²) in [5, 5.41) is 9.22. The summed E-state index contributed by atoms with van der Waals surface area (Å²) in [5.74, 6) is -1.07. The van der Waals surface area contributed by atoms with Crippen molar-refractivity contribution in [3.05, 3.63) is 24.3 Å². The average molecular weight is 251 g/mol. The SMILES string of the molecule is CCN(c1ccc(O)cc1)[C@@H](CC(N)=O)C(N)=O. The minimum absolute atomic E-state index is 0.125. The number of phenolic OH excluding ortho intramolecular Hbond substituents is 1. The Labute approximate surface area is 105 Å². The van der Waals surface area contributed by atoms with Crippen molar-refractivity contribution >= 4 is 17.5 Å². The van der Waals surface area contributed by atoms with Gasteiger partial charge in [-0.15, -0.1) is 0 Å². The number of carbonyl (C=O) groups is 2. The van der Waals surface area contributed by atoms with Gasteiger partial charge in [-0.05, 0) is 31.2 Å². The first-order chi connectivity index (χ1) is 8.45. The molecule has 0 heterocycles. The van der Waals surface area contributed by atoms with Crippen molar-refractivity contribution in [2.24, 2.45) is 11.5 Å². The summed E-state index contributed by atoms with van der Waals surface area (Å²) in [6.45, 7) is 2.33. The summed E-state index contributed by atoms with van der Waals surface area (Å²) in [4.78, 5) is 24.0. The molecule has 1 aromatic rings. The number of phenols is 1. The second-order valence-electron chi connectivity index (χ2n) is 3.89. The van der Waals surface area contributed by atoms with E-state index in [1.54, 1.807) is 17.0 Å². The van der Waals surface area contributed by atoms with Crippen LogP contribution in [0.1, 0.15) is 13.3 Å². The highest BCUT2D eigenvalue weighted by Crippen LogP contribution is 2.21. The van der Waals surface area contributed by atoms with E-state index in [0.717, 1.165) is 0 Å². The zero-order chi connectivity index (χ0) is 13.7. The fraction of sp³-hybridized carbons (Fsp3) is 0.333. The largest absolute Gasteiger partial charge is 0.508 e. The number of benzene rings is 1. The minimum atomic E-state index is -0.781. The molecule has 0 spiro atoms. The maximum atomic E-state index is 11.4. The lowest BCUT2D eigenvalue weighted by Crippen LogP contribution is -2.47. The van der Waals surface area contributed by atoms with Gasteiger partial charge >= 0.3 is 0 Å². The number of nitrogens with two attached hydrogens (primary N) is 2. The summed E-state index contributed by atoms with van der Waals surface area (Å²) >= 11 is 0. The maximum Gasteiger partial charge on any atom is 0.240 e. The molecule has 0 saturated heterocycles. The predicted octanol–water partition coefficient (Wildman–Crippen LogP) is -0.0522. The molecule has 0 aliphatic carbocycles. The van der Waals surface area contributed by atoms with E-state index in [1.807, 2.05) is 6.92 Å². The molecule has 0 aliphatic rings. The third kappa shape index (κ3) is 3.38. The number of anilines is 1. The Morgan fingerprint density at radius 2 is 1.83 bits per heavy atom. The van der Waals surface area contributed by atoms with Gasteiger partial charge in [-0.3, -0.25) is 9.59 Å². The average Bonchev–Trinajstić information content (AvgIpc) is 2.30. The summed E-state index contributed by atoms with van der Waals surface area (Å²) in [5.41, 5.74) is 11.1. The molecule has 0 aromatic heterocycles. The van der Waals surface area contributed by atoms with Gasteiger partial charge in [-0.2, -0.15) is 0 Å². The van der Waals surface area contributed by atoms with Gasteiger partial charge < -0.3 is 21.5 Å². The zero-order valence-corrected chi connectivity index (χ0v) is 10.2. The molecule has 6 heteroatoms. The number of likely N-dealkylation sites (N-methyl/N-ethyl adjacent to an activating group) is 1. The molecule has 5 N–H and O–H groups in total. The fourth-order valence-corrected chi connectivity index (χ4v) is 1.78. The van der Waals surface area contributed by atoms with E-state index >= 15 is 0 Å². The number of hydrogen-bond donors (Lipinski definition) is 3. The summed E-state index contributed by atoms with van der Waals surface area (Å²) in [7, 11) is 0. The Kier molecular flexibility index (Phi) is 4.53. The zero-order valence-electron chi connectivity index (χ0n) is 10.2. The van der Waals surface area contributed by atoms with Crippen LogP contribution < -0.4 is 16.4 Å². The van der Waals surface area contributed by atoms with E-state index in [1.165, 1.54) is 12.1 Å². The standard InChI is InChI=1S/C12H17N3O3/c1-2-15(8-3-5-9(16)6-4-8)10(12(14)18)7-11(13)17/h3-6,10,16H,2,7H2,1H3,(H2,13,17)(H2,14,18)/t10-/m0/s1. The first-order valence-corrected chi connectivity index (χ1v) is 5.59. The molecule has 1 aromatic carbocycles. The Morgan fingerprint density at radius 3 is 2.22 bits per heavy atom.